The molecule has 0 aliphatic rings. The summed E-state index contributed by atoms with van der Waals surface area (Å²) in [4.78, 5) is 0. The number of nitrogens with zero attached hydrogens (tertiary/aromatic N) is 1. The molecule has 0 aromatic heterocycles. The van der Waals surface area contributed by atoms with Gasteiger partial charge in [-0.3, -0.25) is 0 Å². The molecule has 5 nitrogen and oxygen atoms in total. The molecule has 0 saturated carbocycles. The summed E-state index contributed by atoms with van der Waals surface area (Å²) >= 11 is 0. The van der Waals surface area contributed by atoms with Gasteiger partial charge in [-0.25, -0.2) is 0 Å². The minimum Gasteiger partial charge on any atom is -0.490 e. The van der Waals surface area contributed by atoms with Gasteiger partial charge in [0.1, 0.15) is 12.4 Å². The van der Waals surface area contributed by atoms with Crippen molar-refractivity contribution >= 4 is 5.71 Å². The van der Waals surface area contributed by atoms with E-state index in [0.29, 0.717) is 31.3 Å². The lowest BCUT2D eigenvalue weighted by molar-refractivity contribution is 0.0705. The Morgan fingerprint density at radius 2 is 2.06 bits per heavy atom. The molecule has 0 radical (unpaired) electrons. The maximum atomic E-state index is 8.83. The molecule has 2 N–H and O–H groups in total. The Morgan fingerprint density at radius 1 is 1.28 bits per heavy atom. The highest BCUT2D eigenvalue weighted by Crippen LogP contribution is 2.20. The minimum absolute atomic E-state index is 0.00601. The van der Waals surface area contributed by atoms with Gasteiger partial charge in [0.25, 0.3) is 0 Å². The summed E-state index contributed by atoms with van der Waals surface area (Å²) in [6, 6.07) is 5.67. The Hall–Kier alpha value is -1.59. The van der Waals surface area contributed by atoms with Gasteiger partial charge in [-0.2, -0.15) is 0 Å². The van der Waals surface area contributed by atoms with Crippen molar-refractivity contribution in [1.82, 2.24) is 0 Å². The van der Waals surface area contributed by atoms with E-state index >= 15 is 0 Å². The van der Waals surface area contributed by atoms with E-state index in [1.807, 2.05) is 25.1 Å². The van der Waals surface area contributed by atoms with Crippen molar-refractivity contribution in [2.75, 3.05) is 26.4 Å². The average molecular weight is 253 g/mol. The lowest BCUT2D eigenvalue weighted by atomic mass is 10.1. The van der Waals surface area contributed by atoms with E-state index < -0.39 is 0 Å². The average Bonchev–Trinajstić information content (AvgIpc) is 2.39. The predicted octanol–water partition coefficient (Wildman–Crippen LogP) is 1.58. The third-order valence-electron chi connectivity index (χ3n) is 2.40. The molecule has 0 amide bonds. The van der Waals surface area contributed by atoms with Crippen LogP contribution < -0.4 is 4.74 Å². The molecule has 18 heavy (non-hydrogen) atoms. The fourth-order valence-electron chi connectivity index (χ4n) is 1.48. The smallest absolute Gasteiger partial charge is 0.128 e. The summed E-state index contributed by atoms with van der Waals surface area (Å²) in [5.74, 6) is 0.656. The predicted molar refractivity (Wildman–Crippen MR) is 68.6 cm³/mol. The first-order valence-corrected chi connectivity index (χ1v) is 5.80. The molecule has 0 spiro atoms. The van der Waals surface area contributed by atoms with Gasteiger partial charge >= 0.3 is 0 Å². The quantitative estimate of drug-likeness (QED) is 0.335. The zero-order valence-electron chi connectivity index (χ0n) is 10.7. The first-order chi connectivity index (χ1) is 8.69. The molecule has 1 aromatic rings. The highest BCUT2D eigenvalue weighted by atomic mass is 16.5. The van der Waals surface area contributed by atoms with Gasteiger partial charge < -0.3 is 19.8 Å². The van der Waals surface area contributed by atoms with Crippen LogP contribution in [0.2, 0.25) is 0 Å². The van der Waals surface area contributed by atoms with Crippen molar-refractivity contribution in [2.24, 2.45) is 5.16 Å². The topological polar surface area (TPSA) is 71.3 Å². The van der Waals surface area contributed by atoms with Crippen LogP contribution >= 0.6 is 0 Å². The van der Waals surface area contributed by atoms with Gasteiger partial charge in [0.05, 0.1) is 25.5 Å². The second-order valence-electron chi connectivity index (χ2n) is 3.87. The van der Waals surface area contributed by atoms with E-state index in [0.717, 1.165) is 11.1 Å². The molecule has 0 heterocycles. The second-order valence-corrected chi connectivity index (χ2v) is 3.87. The number of oxime groups is 1. The molecule has 100 valence electrons. The number of hydrogen-bond donors (Lipinski definition) is 2. The Bertz CT molecular complexity index is 404. The zero-order chi connectivity index (χ0) is 13.4. The van der Waals surface area contributed by atoms with Crippen molar-refractivity contribution in [3.63, 3.8) is 0 Å². The molecule has 0 bridgehead atoms. The molecule has 5 heteroatoms. The van der Waals surface area contributed by atoms with Gasteiger partial charge in [0, 0.05) is 5.56 Å². The number of ether oxygens (including phenoxy) is 2. The van der Waals surface area contributed by atoms with Crippen LogP contribution in [-0.4, -0.2) is 42.5 Å². The van der Waals surface area contributed by atoms with E-state index in [9.17, 15) is 0 Å². The van der Waals surface area contributed by atoms with E-state index in [4.69, 9.17) is 19.8 Å². The first-order valence-electron chi connectivity index (χ1n) is 5.80. The van der Waals surface area contributed by atoms with E-state index in [-0.39, 0.29) is 6.61 Å². The SMILES string of the molecule is C/C(=N\O)c1cc(C)ccc1OCCOCCO. The van der Waals surface area contributed by atoms with Crippen molar-refractivity contribution in [3.05, 3.63) is 29.3 Å². The molecule has 0 unspecified atom stereocenters. The molecule has 0 fully saturated rings. The number of aryl methyl sites for hydroxylation is 1. The molecule has 0 aliphatic heterocycles. The van der Waals surface area contributed by atoms with Gasteiger partial charge in [0.2, 0.25) is 0 Å². The number of hydrogen-bond acceptors (Lipinski definition) is 5. The number of rotatable bonds is 7. The van der Waals surface area contributed by atoms with Crippen molar-refractivity contribution in [3.8, 4) is 5.75 Å². The number of benzene rings is 1. The van der Waals surface area contributed by atoms with Gasteiger partial charge in [-0.1, -0.05) is 16.8 Å². The molecule has 0 saturated heterocycles. The molecule has 1 aromatic carbocycles. The maximum absolute atomic E-state index is 8.83. The van der Waals surface area contributed by atoms with Crippen LogP contribution in [0.15, 0.2) is 23.4 Å². The molecule has 0 aliphatic carbocycles. The summed E-state index contributed by atoms with van der Waals surface area (Å²) in [7, 11) is 0. The highest BCUT2D eigenvalue weighted by Gasteiger charge is 2.07. The Morgan fingerprint density at radius 3 is 2.72 bits per heavy atom. The largest absolute Gasteiger partial charge is 0.490 e. The van der Waals surface area contributed by atoms with Gasteiger partial charge in [-0.15, -0.1) is 0 Å². The standard InChI is InChI=1S/C13H19NO4/c1-10-3-4-13(12(9-10)11(2)14-16)18-8-7-17-6-5-15/h3-4,9,15-16H,5-8H2,1-2H3/b14-11+. The maximum Gasteiger partial charge on any atom is 0.128 e. The Balaban J connectivity index is 2.64. The molecule has 1 rings (SSSR count). The summed E-state index contributed by atoms with van der Waals surface area (Å²) in [5.41, 5.74) is 2.33. The van der Waals surface area contributed by atoms with Crippen LogP contribution in [0, 0.1) is 6.92 Å². The lowest BCUT2D eigenvalue weighted by Crippen LogP contribution is -2.11. The van der Waals surface area contributed by atoms with Crippen LogP contribution in [0.25, 0.3) is 0 Å². The third kappa shape index (κ3) is 4.35. The first kappa shape index (κ1) is 14.5. The zero-order valence-corrected chi connectivity index (χ0v) is 10.7. The summed E-state index contributed by atoms with van der Waals surface area (Å²) in [5, 5.41) is 20.6. The lowest BCUT2D eigenvalue weighted by Gasteiger charge is -2.11. The van der Waals surface area contributed by atoms with Crippen LogP contribution in [0.5, 0.6) is 5.75 Å². The Labute approximate surface area is 107 Å². The van der Waals surface area contributed by atoms with Crippen molar-refractivity contribution in [2.45, 2.75) is 13.8 Å². The fraction of sp³-hybridized carbons (Fsp3) is 0.462. The van der Waals surface area contributed by atoms with Crippen LogP contribution in [0.4, 0.5) is 0 Å². The fourth-order valence-corrected chi connectivity index (χ4v) is 1.48. The summed E-state index contributed by atoms with van der Waals surface area (Å²) < 4.78 is 10.7. The number of aliphatic hydroxyl groups is 1. The third-order valence-corrected chi connectivity index (χ3v) is 2.40. The normalized spacial score (nSPS) is 11.6. The van der Waals surface area contributed by atoms with E-state index in [1.54, 1.807) is 6.92 Å². The van der Waals surface area contributed by atoms with Crippen LogP contribution in [-0.2, 0) is 4.74 Å². The van der Waals surface area contributed by atoms with E-state index in [2.05, 4.69) is 5.16 Å². The summed E-state index contributed by atoms with van der Waals surface area (Å²) in [6.45, 7) is 4.78. The Kier molecular flexibility index (Phi) is 6.18. The number of aliphatic hydroxyl groups excluding tert-OH is 1. The van der Waals surface area contributed by atoms with Crippen molar-refractivity contribution in [1.29, 1.82) is 0 Å². The van der Waals surface area contributed by atoms with Crippen molar-refractivity contribution < 1.29 is 19.8 Å². The summed E-state index contributed by atoms with van der Waals surface area (Å²) in [6.07, 6.45) is 0. The minimum atomic E-state index is 0.00601. The van der Waals surface area contributed by atoms with Gasteiger partial charge in [-0.05, 0) is 26.0 Å². The highest BCUT2D eigenvalue weighted by molar-refractivity contribution is 6.00. The van der Waals surface area contributed by atoms with Crippen LogP contribution in [0.1, 0.15) is 18.1 Å². The molecule has 0 atom stereocenters. The van der Waals surface area contributed by atoms with Gasteiger partial charge in [0.15, 0.2) is 0 Å². The monoisotopic (exact) mass is 253 g/mol. The van der Waals surface area contributed by atoms with E-state index in [1.165, 1.54) is 0 Å². The van der Waals surface area contributed by atoms with Crippen LogP contribution in [0.3, 0.4) is 0 Å². The molecular weight excluding hydrogens is 234 g/mol. The second kappa shape index (κ2) is 7.68. The molecular formula is C13H19NO4.